The Morgan fingerprint density at radius 1 is 1.30 bits per heavy atom. The van der Waals surface area contributed by atoms with Crippen LogP contribution in [0, 0.1) is 6.92 Å². The van der Waals surface area contributed by atoms with Crippen molar-refractivity contribution in [2.24, 2.45) is 0 Å². The molecule has 1 aliphatic rings. The van der Waals surface area contributed by atoms with Gasteiger partial charge < -0.3 is 10.6 Å². The predicted octanol–water partition coefficient (Wildman–Crippen LogP) is 2.55. The number of aryl methyl sites for hydroxylation is 1. The molecule has 1 saturated carbocycles. The fourth-order valence-electron chi connectivity index (χ4n) is 1.95. The largest absolute Gasteiger partial charge is 0.353 e. The number of carbonyl (C=O) groups excluding carboxylic acids is 2. The lowest BCUT2D eigenvalue weighted by Gasteiger charge is -2.07. The van der Waals surface area contributed by atoms with Gasteiger partial charge in [0.1, 0.15) is 0 Å². The number of halogens is 1. The van der Waals surface area contributed by atoms with Crippen LogP contribution in [0.4, 0.5) is 0 Å². The molecule has 0 aromatic heterocycles. The zero-order chi connectivity index (χ0) is 14.5. The molecule has 2 N–H and O–H groups in total. The molecule has 0 heterocycles. The minimum absolute atomic E-state index is 0.0834. The lowest BCUT2D eigenvalue weighted by Crippen LogP contribution is -2.28. The Morgan fingerprint density at radius 3 is 2.70 bits per heavy atom. The Bertz CT molecular complexity index is 492. The Morgan fingerprint density at radius 2 is 2.05 bits per heavy atom. The van der Waals surface area contributed by atoms with E-state index >= 15 is 0 Å². The van der Waals surface area contributed by atoms with Gasteiger partial charge in [-0.05, 0) is 49.9 Å². The number of carbonyl (C=O) groups is 2. The van der Waals surface area contributed by atoms with E-state index in [4.69, 9.17) is 0 Å². The quantitative estimate of drug-likeness (QED) is 0.783. The summed E-state index contributed by atoms with van der Waals surface area (Å²) in [7, 11) is 0. The maximum Gasteiger partial charge on any atom is 0.251 e. The number of amides is 2. The normalized spacial score (nSPS) is 13.9. The van der Waals surface area contributed by atoms with Gasteiger partial charge in [-0.25, -0.2) is 0 Å². The van der Waals surface area contributed by atoms with Crippen LogP contribution in [0.5, 0.6) is 0 Å². The molecule has 5 heteroatoms. The first-order valence-electron chi connectivity index (χ1n) is 6.89. The molecular formula is C15H19BrN2O2. The second-order valence-electron chi connectivity index (χ2n) is 5.22. The molecule has 4 nitrogen and oxygen atoms in total. The van der Waals surface area contributed by atoms with Gasteiger partial charge in [0.05, 0.1) is 0 Å². The topological polar surface area (TPSA) is 58.2 Å². The first-order valence-corrected chi connectivity index (χ1v) is 7.68. The maximum atomic E-state index is 11.9. The molecule has 0 unspecified atom stereocenters. The average molecular weight is 339 g/mol. The zero-order valence-corrected chi connectivity index (χ0v) is 13.1. The molecule has 0 spiro atoms. The van der Waals surface area contributed by atoms with Crippen LogP contribution in [0.3, 0.4) is 0 Å². The highest BCUT2D eigenvalue weighted by Gasteiger charge is 2.22. The Hall–Kier alpha value is -1.36. The highest BCUT2D eigenvalue weighted by molar-refractivity contribution is 9.10. The molecule has 0 aliphatic heterocycles. The third kappa shape index (κ3) is 4.96. The summed E-state index contributed by atoms with van der Waals surface area (Å²) in [6.45, 7) is 2.46. The van der Waals surface area contributed by atoms with Gasteiger partial charge in [-0.2, -0.15) is 0 Å². The van der Waals surface area contributed by atoms with Gasteiger partial charge in [-0.1, -0.05) is 15.9 Å². The van der Waals surface area contributed by atoms with E-state index in [9.17, 15) is 9.59 Å². The van der Waals surface area contributed by atoms with E-state index in [1.54, 1.807) is 6.07 Å². The fraction of sp³-hybridized carbons (Fsp3) is 0.467. The fourth-order valence-corrected chi connectivity index (χ4v) is 2.56. The van der Waals surface area contributed by atoms with Crippen molar-refractivity contribution in [2.75, 3.05) is 6.54 Å². The second kappa shape index (κ2) is 6.88. The van der Waals surface area contributed by atoms with Gasteiger partial charge in [0.15, 0.2) is 0 Å². The lowest BCUT2D eigenvalue weighted by molar-refractivity contribution is -0.121. The molecule has 20 heavy (non-hydrogen) atoms. The van der Waals surface area contributed by atoms with Crippen LogP contribution in [0.15, 0.2) is 22.7 Å². The summed E-state index contributed by atoms with van der Waals surface area (Å²) in [4.78, 5) is 23.4. The Labute approximate surface area is 127 Å². The van der Waals surface area contributed by atoms with Crippen molar-refractivity contribution in [3.63, 3.8) is 0 Å². The molecule has 1 fully saturated rings. The molecule has 2 rings (SSSR count). The number of nitrogens with one attached hydrogen (secondary N) is 2. The van der Waals surface area contributed by atoms with Gasteiger partial charge >= 0.3 is 0 Å². The van der Waals surface area contributed by atoms with Crippen molar-refractivity contribution in [3.8, 4) is 0 Å². The van der Waals surface area contributed by atoms with E-state index in [0.29, 0.717) is 31.0 Å². The molecule has 0 bridgehead atoms. The number of benzene rings is 1. The first kappa shape index (κ1) is 15.0. The van der Waals surface area contributed by atoms with Crippen molar-refractivity contribution in [3.05, 3.63) is 33.8 Å². The summed E-state index contributed by atoms with van der Waals surface area (Å²) in [5, 5.41) is 5.77. The Kier molecular flexibility index (Phi) is 5.17. The van der Waals surface area contributed by atoms with Gasteiger partial charge in [0.25, 0.3) is 5.91 Å². The first-order chi connectivity index (χ1) is 9.54. The molecule has 2 amide bonds. The molecule has 108 valence electrons. The van der Waals surface area contributed by atoms with Crippen LogP contribution in [-0.4, -0.2) is 24.4 Å². The van der Waals surface area contributed by atoms with Crippen LogP contribution >= 0.6 is 15.9 Å². The second-order valence-corrected chi connectivity index (χ2v) is 6.13. The summed E-state index contributed by atoms with van der Waals surface area (Å²) in [6.07, 6.45) is 3.33. The maximum absolute atomic E-state index is 11.9. The summed E-state index contributed by atoms with van der Waals surface area (Å²) in [5.41, 5.74) is 1.67. The SMILES string of the molecule is Cc1cc(Br)cc(C(=O)NCCCC(=O)NC2CC2)c1. The van der Waals surface area contributed by atoms with Crippen molar-refractivity contribution < 1.29 is 9.59 Å². The number of hydrogen-bond donors (Lipinski definition) is 2. The monoisotopic (exact) mass is 338 g/mol. The third-order valence-corrected chi connectivity index (χ3v) is 3.57. The van der Waals surface area contributed by atoms with Crippen LogP contribution in [0.1, 0.15) is 41.6 Å². The van der Waals surface area contributed by atoms with E-state index in [-0.39, 0.29) is 11.8 Å². The highest BCUT2D eigenvalue weighted by Crippen LogP contribution is 2.18. The van der Waals surface area contributed by atoms with Crippen molar-refractivity contribution >= 4 is 27.7 Å². The van der Waals surface area contributed by atoms with Crippen molar-refractivity contribution in [1.82, 2.24) is 10.6 Å². The average Bonchev–Trinajstić information content (AvgIpc) is 3.17. The molecular weight excluding hydrogens is 320 g/mol. The van der Waals surface area contributed by atoms with Gasteiger partial charge in [-0.15, -0.1) is 0 Å². The van der Waals surface area contributed by atoms with Crippen LogP contribution in [-0.2, 0) is 4.79 Å². The van der Waals surface area contributed by atoms with Gasteiger partial charge in [0, 0.05) is 29.0 Å². The Balaban J connectivity index is 1.70. The molecule has 0 saturated heterocycles. The minimum atomic E-state index is -0.1000. The predicted molar refractivity (Wildman–Crippen MR) is 81.6 cm³/mol. The van der Waals surface area contributed by atoms with Crippen LogP contribution in [0.2, 0.25) is 0 Å². The van der Waals surface area contributed by atoms with Crippen LogP contribution in [0.25, 0.3) is 0 Å². The standard InChI is InChI=1S/C15H19BrN2O2/c1-10-7-11(9-12(16)8-10)15(20)17-6-2-3-14(19)18-13-4-5-13/h7-9,13H,2-6H2,1H3,(H,17,20)(H,18,19). The summed E-state index contributed by atoms with van der Waals surface area (Å²) < 4.78 is 0.895. The molecule has 0 atom stereocenters. The van der Waals surface area contributed by atoms with E-state index < -0.39 is 0 Å². The molecule has 0 radical (unpaired) electrons. The van der Waals surface area contributed by atoms with Gasteiger partial charge in [-0.3, -0.25) is 9.59 Å². The van der Waals surface area contributed by atoms with E-state index in [1.807, 2.05) is 19.1 Å². The van der Waals surface area contributed by atoms with E-state index in [0.717, 1.165) is 22.9 Å². The summed E-state index contributed by atoms with van der Waals surface area (Å²) in [6, 6.07) is 6.00. The zero-order valence-electron chi connectivity index (χ0n) is 11.5. The van der Waals surface area contributed by atoms with E-state index in [1.165, 1.54) is 0 Å². The lowest BCUT2D eigenvalue weighted by atomic mass is 10.1. The summed E-state index contributed by atoms with van der Waals surface area (Å²) >= 11 is 3.38. The number of hydrogen-bond acceptors (Lipinski definition) is 2. The van der Waals surface area contributed by atoms with Crippen molar-refractivity contribution in [2.45, 2.75) is 38.6 Å². The molecule has 1 aliphatic carbocycles. The molecule has 1 aromatic carbocycles. The van der Waals surface area contributed by atoms with E-state index in [2.05, 4.69) is 26.6 Å². The van der Waals surface area contributed by atoms with Gasteiger partial charge in [0.2, 0.25) is 5.91 Å². The van der Waals surface area contributed by atoms with Crippen molar-refractivity contribution in [1.29, 1.82) is 0 Å². The molecule has 1 aromatic rings. The third-order valence-electron chi connectivity index (χ3n) is 3.11. The highest BCUT2D eigenvalue weighted by atomic mass is 79.9. The number of rotatable bonds is 6. The summed E-state index contributed by atoms with van der Waals surface area (Å²) in [5.74, 6) is -0.0166. The smallest absolute Gasteiger partial charge is 0.251 e. The minimum Gasteiger partial charge on any atom is -0.353 e. The van der Waals surface area contributed by atoms with Crippen LogP contribution < -0.4 is 10.6 Å².